The second-order valence-electron chi connectivity index (χ2n) is 15.6. The fraction of sp³-hybridized carbons (Fsp3) is 0.676. The van der Waals surface area contributed by atoms with Gasteiger partial charge in [0.15, 0.2) is 0 Å². The molecule has 0 spiro atoms. The summed E-state index contributed by atoms with van der Waals surface area (Å²) in [5, 5.41) is 8.50. The highest BCUT2D eigenvalue weighted by molar-refractivity contribution is 6.37. The van der Waals surface area contributed by atoms with E-state index in [1.54, 1.807) is 4.90 Å². The van der Waals surface area contributed by atoms with E-state index in [1.807, 2.05) is 44.2 Å². The van der Waals surface area contributed by atoms with E-state index in [2.05, 4.69) is 29.8 Å². The Morgan fingerprint density at radius 1 is 0.918 bits per heavy atom. The molecule has 4 fully saturated rings. The molecule has 268 valence electrons. The maximum absolute atomic E-state index is 14.5. The number of hydrogen-bond donors (Lipinski definition) is 4. The molecule has 3 saturated carbocycles. The minimum absolute atomic E-state index is 0.0738. The van der Waals surface area contributed by atoms with Crippen molar-refractivity contribution in [3.8, 4) is 0 Å². The number of rotatable bonds is 15. The number of ether oxygens (including phenoxy) is 1. The summed E-state index contributed by atoms with van der Waals surface area (Å²) >= 11 is 0. The van der Waals surface area contributed by atoms with Crippen LogP contribution < -0.4 is 21.7 Å². The quantitative estimate of drug-likeness (QED) is 0.163. The SMILES string of the molecule is CC(C)CC(NC(=O)N[C@H](C(=O)N1C[C@H]2[C@@H]([C@H]1C(=O)NC(CC1CC1)C(=O)C(N)=O)C2(C)C)C1CCCCC1)C(=O)OCc1ccccc1. The summed E-state index contributed by atoms with van der Waals surface area (Å²) < 4.78 is 5.56. The van der Waals surface area contributed by atoms with Crippen molar-refractivity contribution in [2.45, 2.75) is 116 Å². The van der Waals surface area contributed by atoms with E-state index in [-0.39, 0.29) is 47.5 Å². The fourth-order valence-electron chi connectivity index (χ4n) is 8.04. The van der Waals surface area contributed by atoms with Crippen molar-refractivity contribution in [3.05, 3.63) is 35.9 Å². The lowest BCUT2D eigenvalue weighted by molar-refractivity contribution is -0.147. The number of benzene rings is 1. The second-order valence-corrected chi connectivity index (χ2v) is 15.6. The van der Waals surface area contributed by atoms with Crippen molar-refractivity contribution in [1.82, 2.24) is 20.9 Å². The molecule has 0 radical (unpaired) electrons. The van der Waals surface area contributed by atoms with Gasteiger partial charge in [-0.3, -0.25) is 19.2 Å². The number of carbonyl (C=O) groups is 6. The van der Waals surface area contributed by atoms with Gasteiger partial charge in [-0.15, -0.1) is 0 Å². The Bertz CT molecular complexity index is 1400. The van der Waals surface area contributed by atoms with E-state index in [1.165, 1.54) is 0 Å². The van der Waals surface area contributed by atoms with E-state index < -0.39 is 53.8 Å². The molecule has 1 heterocycles. The van der Waals surface area contributed by atoms with Crippen molar-refractivity contribution in [3.63, 3.8) is 0 Å². The lowest BCUT2D eigenvalue weighted by atomic mass is 9.83. The number of carbonyl (C=O) groups excluding carboxylic acids is 6. The Hall–Kier alpha value is -3.96. The van der Waals surface area contributed by atoms with Gasteiger partial charge in [0, 0.05) is 6.54 Å². The molecule has 3 aliphatic carbocycles. The van der Waals surface area contributed by atoms with Gasteiger partial charge in [-0.05, 0) is 66.3 Å². The molecule has 5 rings (SSSR count). The Morgan fingerprint density at radius 3 is 2.20 bits per heavy atom. The normalized spacial score (nSPS) is 24.6. The molecule has 1 aromatic carbocycles. The number of urea groups is 1. The molecule has 5 amide bonds. The summed E-state index contributed by atoms with van der Waals surface area (Å²) in [6.07, 6.45) is 6.88. The summed E-state index contributed by atoms with van der Waals surface area (Å²) in [6.45, 7) is 8.45. The van der Waals surface area contributed by atoms with Crippen LogP contribution in [0, 0.1) is 35.0 Å². The number of nitrogens with zero attached hydrogens (tertiary/aromatic N) is 1. The summed E-state index contributed by atoms with van der Waals surface area (Å²) in [5.74, 6) is -3.18. The van der Waals surface area contributed by atoms with Gasteiger partial charge in [-0.2, -0.15) is 0 Å². The summed E-state index contributed by atoms with van der Waals surface area (Å²) in [6, 6.07) is 4.93. The fourth-order valence-corrected chi connectivity index (χ4v) is 8.04. The first-order valence-electron chi connectivity index (χ1n) is 18.0. The van der Waals surface area contributed by atoms with E-state index in [9.17, 15) is 28.8 Å². The molecule has 4 aliphatic rings. The van der Waals surface area contributed by atoms with Gasteiger partial charge in [-0.25, -0.2) is 9.59 Å². The minimum atomic E-state index is -1.10. The molecular formula is C37H53N5O7. The Kier molecular flexibility index (Phi) is 11.3. The number of nitrogens with two attached hydrogens (primary N) is 1. The monoisotopic (exact) mass is 679 g/mol. The predicted molar refractivity (Wildman–Crippen MR) is 181 cm³/mol. The van der Waals surface area contributed by atoms with Gasteiger partial charge < -0.3 is 31.3 Å². The number of ketones is 1. The number of piperidine rings is 1. The van der Waals surface area contributed by atoms with Gasteiger partial charge in [0.1, 0.15) is 24.7 Å². The van der Waals surface area contributed by atoms with Crippen LogP contribution in [0.2, 0.25) is 0 Å². The highest BCUT2D eigenvalue weighted by Crippen LogP contribution is 2.65. The topological polar surface area (TPSA) is 177 Å². The molecule has 12 heteroatoms. The minimum Gasteiger partial charge on any atom is -0.459 e. The van der Waals surface area contributed by atoms with Crippen molar-refractivity contribution >= 4 is 35.5 Å². The summed E-state index contributed by atoms with van der Waals surface area (Å²) in [5.41, 5.74) is 5.97. The van der Waals surface area contributed by atoms with Crippen LogP contribution in [0.4, 0.5) is 4.79 Å². The molecule has 1 saturated heterocycles. The zero-order chi connectivity index (χ0) is 35.5. The molecule has 0 aromatic heterocycles. The Morgan fingerprint density at radius 2 is 1.59 bits per heavy atom. The maximum atomic E-state index is 14.5. The predicted octanol–water partition coefficient (Wildman–Crippen LogP) is 3.21. The average molecular weight is 680 g/mol. The van der Waals surface area contributed by atoms with Crippen molar-refractivity contribution < 1.29 is 33.5 Å². The largest absolute Gasteiger partial charge is 0.459 e. The van der Waals surface area contributed by atoms with E-state index in [0.29, 0.717) is 19.4 Å². The van der Waals surface area contributed by atoms with Gasteiger partial charge in [0.05, 0.1) is 6.04 Å². The van der Waals surface area contributed by atoms with Crippen molar-refractivity contribution in [1.29, 1.82) is 0 Å². The lowest BCUT2D eigenvalue weighted by Gasteiger charge is -2.37. The smallest absolute Gasteiger partial charge is 0.329 e. The number of nitrogens with one attached hydrogen (secondary N) is 3. The number of Topliss-reactive ketones (excluding diaryl/α,β-unsaturated/α-hetero) is 1. The number of likely N-dealkylation sites (tertiary alicyclic amines) is 1. The van der Waals surface area contributed by atoms with Crippen molar-refractivity contribution in [2.75, 3.05) is 6.54 Å². The average Bonchev–Trinajstić information content (AvgIpc) is 3.93. The van der Waals surface area contributed by atoms with E-state index >= 15 is 0 Å². The van der Waals surface area contributed by atoms with Crippen molar-refractivity contribution in [2.24, 2.45) is 40.7 Å². The molecule has 49 heavy (non-hydrogen) atoms. The van der Waals surface area contributed by atoms with Crippen LogP contribution in [0.15, 0.2) is 30.3 Å². The summed E-state index contributed by atoms with van der Waals surface area (Å²) in [7, 11) is 0. The van der Waals surface area contributed by atoms with Crippen LogP contribution in [0.5, 0.6) is 0 Å². The first-order chi connectivity index (χ1) is 23.3. The van der Waals surface area contributed by atoms with Crippen LogP contribution in [-0.2, 0) is 35.3 Å². The number of fused-ring (bicyclic) bond motifs is 1. The van der Waals surface area contributed by atoms with E-state index in [4.69, 9.17) is 10.5 Å². The van der Waals surface area contributed by atoms with Gasteiger partial charge in [-0.1, -0.05) is 90.1 Å². The first-order valence-corrected chi connectivity index (χ1v) is 18.0. The third-order valence-corrected chi connectivity index (χ3v) is 11.1. The molecule has 5 N–H and O–H groups in total. The Balaban J connectivity index is 1.31. The molecule has 1 aromatic rings. The van der Waals surface area contributed by atoms with Gasteiger partial charge in [0.2, 0.25) is 17.6 Å². The molecule has 0 bridgehead atoms. The number of amides is 5. The zero-order valence-electron chi connectivity index (χ0n) is 29.2. The van der Waals surface area contributed by atoms with Crippen LogP contribution in [0.25, 0.3) is 0 Å². The Labute approximate surface area is 289 Å². The highest BCUT2D eigenvalue weighted by atomic mass is 16.5. The van der Waals surface area contributed by atoms with E-state index in [0.717, 1.165) is 50.5 Å². The second kappa shape index (κ2) is 15.3. The van der Waals surface area contributed by atoms with Crippen LogP contribution in [0.3, 0.4) is 0 Å². The highest BCUT2D eigenvalue weighted by Gasteiger charge is 2.69. The summed E-state index contributed by atoms with van der Waals surface area (Å²) in [4.78, 5) is 81.3. The molecular weight excluding hydrogens is 626 g/mol. The van der Waals surface area contributed by atoms with Crippen LogP contribution in [0.1, 0.15) is 91.0 Å². The lowest BCUT2D eigenvalue weighted by Crippen LogP contribution is -2.61. The number of primary amides is 1. The molecule has 12 nitrogen and oxygen atoms in total. The zero-order valence-corrected chi connectivity index (χ0v) is 29.2. The molecule has 1 aliphatic heterocycles. The standard InChI is InChI=1S/C37H53N5O7/c1-21(2)17-27(35(47)49-20-23-11-7-5-8-12-23)40-36(48)41-29(24-13-9-6-10-14-24)34(46)42-19-25-28(37(25,3)4)30(42)33(45)39-26(18-22-15-16-22)31(43)32(38)44/h5,7-8,11-12,21-22,24-30H,6,9-10,13-20H2,1-4H3,(H2,38,44)(H,39,45)(H2,40,41,48)/t25-,26?,27?,28-,29-,30-/m0/s1. The maximum Gasteiger partial charge on any atom is 0.329 e. The third kappa shape index (κ3) is 8.80. The molecule has 6 atom stereocenters. The number of hydrogen-bond acceptors (Lipinski definition) is 7. The molecule has 2 unspecified atom stereocenters. The first kappa shape index (κ1) is 36.3. The third-order valence-electron chi connectivity index (χ3n) is 11.1. The van der Waals surface area contributed by atoms with Gasteiger partial charge >= 0.3 is 12.0 Å². The van der Waals surface area contributed by atoms with Gasteiger partial charge in [0.25, 0.3) is 5.91 Å². The number of esters is 1. The van der Waals surface area contributed by atoms with Crippen LogP contribution >= 0.6 is 0 Å². The van der Waals surface area contributed by atoms with Crippen LogP contribution in [-0.4, -0.2) is 71.1 Å².